The van der Waals surface area contributed by atoms with Crippen LogP contribution in [0.5, 0.6) is 0 Å². The zero-order valence-corrected chi connectivity index (χ0v) is 20.3. The molecule has 0 radical (unpaired) electrons. The monoisotopic (exact) mass is 494 g/mol. The smallest absolute Gasteiger partial charge is 0.248 e. The molecule has 2 aromatic heterocycles. The predicted molar refractivity (Wildman–Crippen MR) is 148 cm³/mol. The zero-order valence-electron chi connectivity index (χ0n) is 20.3. The lowest BCUT2D eigenvalue weighted by molar-refractivity contribution is -0.115. The Morgan fingerprint density at radius 2 is 1.34 bits per heavy atom. The van der Waals surface area contributed by atoms with E-state index in [2.05, 4.69) is 15.3 Å². The Labute approximate surface area is 219 Å². The van der Waals surface area contributed by atoms with Crippen LogP contribution in [0.4, 0.5) is 0 Å². The number of allylic oxidation sites excluding steroid dienone is 4. The van der Waals surface area contributed by atoms with Gasteiger partial charge in [0.15, 0.2) is 0 Å². The summed E-state index contributed by atoms with van der Waals surface area (Å²) in [4.78, 5) is 37.5. The molecule has 0 fully saturated rings. The van der Waals surface area contributed by atoms with E-state index < -0.39 is 0 Å². The summed E-state index contributed by atoms with van der Waals surface area (Å²) in [6.45, 7) is 0. The predicted octanol–water partition coefficient (Wildman–Crippen LogP) is 5.51. The second-order valence-corrected chi connectivity index (χ2v) is 8.76. The van der Waals surface area contributed by atoms with E-state index in [0.29, 0.717) is 17.1 Å². The molecule has 38 heavy (non-hydrogen) atoms. The summed E-state index contributed by atoms with van der Waals surface area (Å²) in [5.41, 5.74) is 7.38. The molecule has 6 rings (SSSR count). The highest BCUT2D eigenvalue weighted by molar-refractivity contribution is 6.32. The van der Waals surface area contributed by atoms with Gasteiger partial charge in [0, 0.05) is 29.1 Å². The number of benzene rings is 2. The first-order chi connectivity index (χ1) is 18.7. The number of H-pyrrole nitrogens is 1. The molecule has 6 nitrogen and oxygen atoms in total. The summed E-state index contributed by atoms with van der Waals surface area (Å²) in [5, 5.41) is 2.92. The Morgan fingerprint density at radius 1 is 0.658 bits per heavy atom. The third kappa shape index (κ3) is 4.47. The number of pyridine rings is 1. The lowest BCUT2D eigenvalue weighted by Gasteiger charge is -2.11. The third-order valence-electron chi connectivity index (χ3n) is 6.30. The summed E-state index contributed by atoms with van der Waals surface area (Å²) in [6, 6.07) is 28.7. The molecule has 0 bridgehead atoms. The fourth-order valence-electron chi connectivity index (χ4n) is 4.56. The second-order valence-electron chi connectivity index (χ2n) is 8.76. The highest BCUT2D eigenvalue weighted by atomic mass is 16.1. The van der Waals surface area contributed by atoms with E-state index in [1.54, 1.807) is 36.5 Å². The van der Waals surface area contributed by atoms with Crippen LogP contribution in [0.3, 0.4) is 0 Å². The van der Waals surface area contributed by atoms with Crippen LogP contribution in [-0.4, -0.2) is 27.4 Å². The van der Waals surface area contributed by atoms with E-state index in [0.717, 1.165) is 39.4 Å². The number of hydrogen-bond donors (Lipinski definition) is 2. The maximum absolute atomic E-state index is 13.0. The second kappa shape index (κ2) is 9.95. The van der Waals surface area contributed by atoms with Crippen molar-refractivity contribution in [1.82, 2.24) is 15.3 Å². The molecule has 0 unspecified atom stereocenters. The lowest BCUT2D eigenvalue weighted by Crippen LogP contribution is -2.16. The molecule has 0 atom stereocenters. The quantitative estimate of drug-likeness (QED) is 0.347. The van der Waals surface area contributed by atoms with Crippen LogP contribution >= 0.6 is 0 Å². The molecule has 182 valence electrons. The number of aliphatic imine (C=N–C) groups is 1. The molecule has 2 N–H and O–H groups in total. The number of ketones is 1. The highest BCUT2D eigenvalue weighted by Gasteiger charge is 2.23. The number of nitrogens with one attached hydrogen (secondary N) is 2. The number of rotatable bonds is 6. The van der Waals surface area contributed by atoms with Crippen LogP contribution in [0.2, 0.25) is 0 Å². The van der Waals surface area contributed by atoms with Gasteiger partial charge >= 0.3 is 0 Å². The van der Waals surface area contributed by atoms with Crippen LogP contribution in [-0.2, 0) is 4.79 Å². The van der Waals surface area contributed by atoms with Crippen molar-refractivity contribution in [2.75, 3.05) is 0 Å². The minimum absolute atomic E-state index is 0.159. The molecule has 2 aliphatic heterocycles. The molecule has 1 amide bonds. The van der Waals surface area contributed by atoms with Gasteiger partial charge in [-0.1, -0.05) is 66.7 Å². The number of aromatic nitrogens is 2. The Balaban J connectivity index is 1.47. The molecular weight excluding hydrogens is 472 g/mol. The summed E-state index contributed by atoms with van der Waals surface area (Å²) >= 11 is 0. The molecule has 6 heteroatoms. The fraction of sp³-hybridized carbons (Fsp3) is 0. The van der Waals surface area contributed by atoms with Gasteiger partial charge in [0.2, 0.25) is 11.7 Å². The minimum Gasteiger partial charge on any atom is -0.352 e. The van der Waals surface area contributed by atoms with Gasteiger partial charge in [-0.25, -0.2) is 4.99 Å². The van der Waals surface area contributed by atoms with E-state index in [-0.39, 0.29) is 11.7 Å². The first-order valence-corrected chi connectivity index (χ1v) is 12.2. The van der Waals surface area contributed by atoms with E-state index in [4.69, 9.17) is 4.99 Å². The number of amides is 1. The van der Waals surface area contributed by atoms with Crippen molar-refractivity contribution in [3.8, 4) is 0 Å². The van der Waals surface area contributed by atoms with Gasteiger partial charge in [-0.2, -0.15) is 0 Å². The van der Waals surface area contributed by atoms with Gasteiger partial charge in [-0.05, 0) is 53.6 Å². The average molecular weight is 495 g/mol. The van der Waals surface area contributed by atoms with Crippen molar-refractivity contribution in [2.45, 2.75) is 0 Å². The van der Waals surface area contributed by atoms with Crippen molar-refractivity contribution in [3.63, 3.8) is 0 Å². The van der Waals surface area contributed by atoms with Crippen LogP contribution in [0.1, 0.15) is 33.0 Å². The summed E-state index contributed by atoms with van der Waals surface area (Å²) in [6.07, 6.45) is 8.82. The van der Waals surface area contributed by atoms with Crippen molar-refractivity contribution in [3.05, 3.63) is 161 Å². The van der Waals surface area contributed by atoms with Crippen LogP contribution in [0, 0.1) is 0 Å². The first-order valence-electron chi connectivity index (χ1n) is 12.2. The SMILES string of the molecule is O=C1C=C/C(=C(C2=N/C(=C(\c3ccccc3)c3ccc(C(=O)c4ccccn4)[nH]3)C=C2)\c2ccccc2)N1. The van der Waals surface area contributed by atoms with E-state index in [9.17, 15) is 9.59 Å². The lowest BCUT2D eigenvalue weighted by atomic mass is 9.99. The van der Waals surface area contributed by atoms with Crippen molar-refractivity contribution in [1.29, 1.82) is 0 Å². The molecule has 4 heterocycles. The number of carbonyl (C=O) groups is 2. The van der Waals surface area contributed by atoms with Crippen LogP contribution in [0.25, 0.3) is 11.1 Å². The van der Waals surface area contributed by atoms with E-state index in [1.807, 2.05) is 78.9 Å². The van der Waals surface area contributed by atoms with E-state index >= 15 is 0 Å². The van der Waals surface area contributed by atoms with Gasteiger partial charge in [-0.15, -0.1) is 0 Å². The molecule has 0 saturated carbocycles. The summed E-state index contributed by atoms with van der Waals surface area (Å²) < 4.78 is 0. The molecule has 2 aromatic carbocycles. The number of hydrogen-bond acceptors (Lipinski definition) is 4. The van der Waals surface area contributed by atoms with Crippen LogP contribution < -0.4 is 5.32 Å². The number of nitrogens with zero attached hydrogens (tertiary/aromatic N) is 2. The molecule has 4 aromatic rings. The minimum atomic E-state index is -0.180. The Morgan fingerprint density at radius 3 is 2.00 bits per heavy atom. The maximum atomic E-state index is 13.0. The third-order valence-corrected chi connectivity index (χ3v) is 6.30. The maximum Gasteiger partial charge on any atom is 0.248 e. The molecule has 0 saturated heterocycles. The van der Waals surface area contributed by atoms with Gasteiger partial charge in [0.1, 0.15) is 5.69 Å². The fourth-order valence-corrected chi connectivity index (χ4v) is 4.56. The highest BCUT2D eigenvalue weighted by Crippen LogP contribution is 2.33. The van der Waals surface area contributed by atoms with Crippen molar-refractivity contribution >= 4 is 28.5 Å². The molecular formula is C32H22N4O2. The first kappa shape index (κ1) is 23.1. The van der Waals surface area contributed by atoms with E-state index in [1.165, 1.54) is 6.08 Å². The van der Waals surface area contributed by atoms with Gasteiger partial charge in [-0.3, -0.25) is 14.6 Å². The van der Waals surface area contributed by atoms with Gasteiger partial charge < -0.3 is 10.3 Å². The van der Waals surface area contributed by atoms with Gasteiger partial charge in [0.05, 0.1) is 22.8 Å². The molecule has 2 aliphatic rings. The normalized spacial score (nSPS) is 16.8. The molecule has 0 aliphatic carbocycles. The summed E-state index contributed by atoms with van der Waals surface area (Å²) in [5.74, 6) is -0.339. The summed E-state index contributed by atoms with van der Waals surface area (Å²) in [7, 11) is 0. The van der Waals surface area contributed by atoms with Gasteiger partial charge in [0.25, 0.3) is 0 Å². The standard InChI is InChI=1S/C32H22N4O2/c37-29-19-18-26(36-29)31(22-11-5-2-6-12-22)24-15-14-23(34-24)30(21-9-3-1-4-10-21)25-16-17-28(35-25)32(38)27-13-7-8-20-33-27/h1-20,35H,(H,36,37)/b30-23+,31-26-. The van der Waals surface area contributed by atoms with Crippen molar-refractivity contribution in [2.24, 2.45) is 4.99 Å². The van der Waals surface area contributed by atoms with Crippen LogP contribution in [0.15, 0.2) is 138 Å². The number of carbonyl (C=O) groups excluding carboxylic acids is 2. The Hall–Kier alpha value is -5.36. The Bertz CT molecular complexity index is 1690. The van der Waals surface area contributed by atoms with Crippen molar-refractivity contribution < 1.29 is 9.59 Å². The largest absolute Gasteiger partial charge is 0.352 e. The zero-order chi connectivity index (χ0) is 25.9. The Kier molecular flexibility index (Phi) is 6.04. The number of aromatic amines is 1. The topological polar surface area (TPSA) is 87.2 Å². The molecule has 0 spiro atoms. The average Bonchev–Trinajstić information content (AvgIpc) is 3.73.